The van der Waals surface area contributed by atoms with Crippen molar-refractivity contribution >= 4 is 23.8 Å². The maximum absolute atomic E-state index is 11.5. The van der Waals surface area contributed by atoms with Crippen LogP contribution < -0.4 is 15.7 Å². The molecule has 0 bridgehead atoms. The first-order valence-corrected chi connectivity index (χ1v) is 7.71. The molecule has 6 nitrogen and oxygen atoms in total. The van der Waals surface area contributed by atoms with E-state index in [4.69, 9.17) is 16.3 Å². The largest absolute Gasteiger partial charge is 0.489 e. The molecule has 0 aliphatic heterocycles. The molecule has 1 aromatic heterocycles. The van der Waals surface area contributed by atoms with Crippen LogP contribution in [-0.2, 0) is 6.42 Å². The minimum Gasteiger partial charge on any atom is -0.489 e. The van der Waals surface area contributed by atoms with Gasteiger partial charge in [-0.1, -0.05) is 18.5 Å². The van der Waals surface area contributed by atoms with Crippen LogP contribution in [0.2, 0.25) is 5.02 Å². The number of nitrogens with zero attached hydrogens (tertiary/aromatic N) is 2. The van der Waals surface area contributed by atoms with Crippen molar-refractivity contribution in [3.05, 3.63) is 50.9 Å². The van der Waals surface area contributed by atoms with E-state index >= 15 is 0 Å². The molecule has 0 aliphatic carbocycles. The summed E-state index contributed by atoms with van der Waals surface area (Å²) in [6.07, 6.45) is 2.32. The highest BCUT2D eigenvalue weighted by Gasteiger charge is 2.04. The van der Waals surface area contributed by atoms with Crippen molar-refractivity contribution in [3.63, 3.8) is 0 Å². The molecular formula is C16H19ClN4O2. The Morgan fingerprint density at radius 1 is 1.43 bits per heavy atom. The van der Waals surface area contributed by atoms with E-state index < -0.39 is 0 Å². The lowest BCUT2D eigenvalue weighted by atomic mass is 10.2. The summed E-state index contributed by atoms with van der Waals surface area (Å²) in [4.78, 5) is 18.2. The molecule has 1 heterocycles. The standard InChI is InChI=1S/C16H19ClN4O2/c1-4-12-8-15(22)20-16(19-12)21-18-9-11-5-6-14(13(17)7-11)23-10(2)3/h5-10H,4H2,1-3H3,(H2,19,20,21,22)/b18-9-. The second kappa shape index (κ2) is 7.78. The summed E-state index contributed by atoms with van der Waals surface area (Å²) in [6, 6.07) is 6.85. The van der Waals surface area contributed by atoms with Gasteiger partial charge in [-0.2, -0.15) is 5.10 Å². The lowest BCUT2D eigenvalue weighted by Gasteiger charge is -2.11. The van der Waals surface area contributed by atoms with E-state index in [0.29, 0.717) is 28.8 Å². The first kappa shape index (κ1) is 17.0. The van der Waals surface area contributed by atoms with Gasteiger partial charge in [0.05, 0.1) is 17.3 Å². The zero-order chi connectivity index (χ0) is 16.8. The van der Waals surface area contributed by atoms with E-state index in [1.807, 2.05) is 26.8 Å². The van der Waals surface area contributed by atoms with Crippen LogP contribution in [0, 0.1) is 0 Å². The lowest BCUT2D eigenvalue weighted by Crippen LogP contribution is -2.11. The Bertz CT molecular complexity index is 756. The van der Waals surface area contributed by atoms with Gasteiger partial charge in [0.2, 0.25) is 5.95 Å². The van der Waals surface area contributed by atoms with Gasteiger partial charge in [-0.25, -0.2) is 10.4 Å². The number of rotatable bonds is 6. The predicted molar refractivity (Wildman–Crippen MR) is 92.7 cm³/mol. The fourth-order valence-corrected chi connectivity index (χ4v) is 2.09. The molecule has 0 aliphatic rings. The molecule has 1 aromatic carbocycles. The van der Waals surface area contributed by atoms with E-state index in [2.05, 4.69) is 20.5 Å². The van der Waals surface area contributed by atoms with Gasteiger partial charge >= 0.3 is 0 Å². The number of hydrazone groups is 1. The molecular weight excluding hydrogens is 316 g/mol. The van der Waals surface area contributed by atoms with E-state index in [0.717, 1.165) is 5.56 Å². The van der Waals surface area contributed by atoms with Gasteiger partial charge in [0, 0.05) is 11.8 Å². The molecule has 0 radical (unpaired) electrons. The van der Waals surface area contributed by atoms with Gasteiger partial charge < -0.3 is 4.74 Å². The molecule has 0 atom stereocenters. The first-order valence-electron chi connectivity index (χ1n) is 7.33. The molecule has 122 valence electrons. The summed E-state index contributed by atoms with van der Waals surface area (Å²) in [7, 11) is 0. The fourth-order valence-electron chi connectivity index (χ4n) is 1.86. The van der Waals surface area contributed by atoms with Crippen molar-refractivity contribution in [2.45, 2.75) is 33.3 Å². The summed E-state index contributed by atoms with van der Waals surface area (Å²) in [5.41, 5.74) is 3.99. The maximum atomic E-state index is 11.5. The van der Waals surface area contributed by atoms with Crippen molar-refractivity contribution in [1.82, 2.24) is 9.97 Å². The number of aromatic nitrogens is 2. The predicted octanol–water partition coefficient (Wildman–Crippen LogP) is 3.22. The summed E-state index contributed by atoms with van der Waals surface area (Å²) >= 11 is 6.16. The molecule has 0 saturated carbocycles. The molecule has 0 saturated heterocycles. The van der Waals surface area contributed by atoms with Gasteiger partial charge in [-0.15, -0.1) is 0 Å². The molecule has 2 aromatic rings. The van der Waals surface area contributed by atoms with Crippen LogP contribution in [0.15, 0.2) is 34.2 Å². The Labute approximate surface area is 139 Å². The highest BCUT2D eigenvalue weighted by atomic mass is 35.5. The molecule has 0 spiro atoms. The molecule has 23 heavy (non-hydrogen) atoms. The summed E-state index contributed by atoms with van der Waals surface area (Å²) in [5, 5.41) is 4.57. The van der Waals surface area contributed by atoms with Crippen LogP contribution in [-0.4, -0.2) is 22.3 Å². The molecule has 0 fully saturated rings. The molecule has 2 rings (SSSR count). The smallest absolute Gasteiger partial charge is 0.252 e. The van der Waals surface area contributed by atoms with E-state index in [-0.39, 0.29) is 11.7 Å². The number of aryl methyl sites for hydroxylation is 1. The fraction of sp³-hybridized carbons (Fsp3) is 0.312. The quantitative estimate of drug-likeness (QED) is 0.628. The average molecular weight is 335 g/mol. The van der Waals surface area contributed by atoms with Gasteiger partial charge in [0.15, 0.2) is 0 Å². The third-order valence-corrected chi connectivity index (χ3v) is 3.16. The van der Waals surface area contributed by atoms with E-state index in [9.17, 15) is 4.79 Å². The Morgan fingerprint density at radius 2 is 2.22 bits per heavy atom. The highest BCUT2D eigenvalue weighted by molar-refractivity contribution is 6.32. The Hall–Kier alpha value is -2.34. The summed E-state index contributed by atoms with van der Waals surface area (Å²) in [5.74, 6) is 0.935. The third-order valence-electron chi connectivity index (χ3n) is 2.86. The van der Waals surface area contributed by atoms with Crippen LogP contribution in [0.3, 0.4) is 0 Å². The van der Waals surface area contributed by atoms with Gasteiger partial charge in [-0.3, -0.25) is 9.78 Å². The zero-order valence-electron chi connectivity index (χ0n) is 13.3. The van der Waals surface area contributed by atoms with E-state index in [1.165, 1.54) is 6.07 Å². The Kier molecular flexibility index (Phi) is 5.76. The molecule has 7 heteroatoms. The number of aromatic amines is 1. The van der Waals surface area contributed by atoms with Crippen LogP contribution in [0.1, 0.15) is 32.0 Å². The minimum absolute atomic E-state index is 0.0578. The molecule has 0 unspecified atom stereocenters. The number of hydrogen-bond donors (Lipinski definition) is 2. The van der Waals surface area contributed by atoms with Crippen LogP contribution in [0.5, 0.6) is 5.75 Å². The number of H-pyrrole nitrogens is 1. The topological polar surface area (TPSA) is 79.4 Å². The maximum Gasteiger partial charge on any atom is 0.252 e. The van der Waals surface area contributed by atoms with Crippen molar-refractivity contribution in [2.24, 2.45) is 5.10 Å². The van der Waals surface area contributed by atoms with E-state index in [1.54, 1.807) is 18.3 Å². The lowest BCUT2D eigenvalue weighted by molar-refractivity contribution is 0.242. The first-order chi connectivity index (χ1) is 11.0. The summed E-state index contributed by atoms with van der Waals surface area (Å²) < 4.78 is 5.57. The SMILES string of the molecule is CCc1cc(=O)[nH]c(N/N=C\c2ccc(OC(C)C)c(Cl)c2)n1. The van der Waals surface area contributed by atoms with Crippen LogP contribution in [0.25, 0.3) is 0 Å². The number of hydrogen-bond acceptors (Lipinski definition) is 5. The van der Waals surface area contributed by atoms with Crippen molar-refractivity contribution in [2.75, 3.05) is 5.43 Å². The Morgan fingerprint density at radius 3 is 2.87 bits per heavy atom. The summed E-state index contributed by atoms with van der Waals surface area (Å²) in [6.45, 7) is 5.80. The number of halogens is 1. The monoisotopic (exact) mass is 334 g/mol. The number of ether oxygens (including phenoxy) is 1. The second-order valence-corrected chi connectivity index (χ2v) is 5.57. The highest BCUT2D eigenvalue weighted by Crippen LogP contribution is 2.25. The Balaban J connectivity index is 2.07. The van der Waals surface area contributed by atoms with Crippen molar-refractivity contribution in [3.8, 4) is 5.75 Å². The molecule has 0 amide bonds. The molecule has 2 N–H and O–H groups in total. The normalized spacial score (nSPS) is 11.2. The number of benzene rings is 1. The van der Waals surface area contributed by atoms with Crippen molar-refractivity contribution < 1.29 is 4.74 Å². The second-order valence-electron chi connectivity index (χ2n) is 5.17. The number of anilines is 1. The van der Waals surface area contributed by atoms with Gasteiger partial charge in [0.1, 0.15) is 5.75 Å². The van der Waals surface area contributed by atoms with Crippen molar-refractivity contribution in [1.29, 1.82) is 0 Å². The number of nitrogens with one attached hydrogen (secondary N) is 2. The zero-order valence-corrected chi connectivity index (χ0v) is 14.0. The van der Waals surface area contributed by atoms with Gasteiger partial charge in [0.25, 0.3) is 5.56 Å². The van der Waals surface area contributed by atoms with Crippen LogP contribution in [0.4, 0.5) is 5.95 Å². The average Bonchev–Trinajstić information content (AvgIpc) is 2.49. The van der Waals surface area contributed by atoms with Gasteiger partial charge in [-0.05, 0) is 44.0 Å². The minimum atomic E-state index is -0.215. The third kappa shape index (κ3) is 5.10. The van der Waals surface area contributed by atoms with Crippen LogP contribution >= 0.6 is 11.6 Å².